The Balaban J connectivity index is 2.96. The first-order valence-corrected chi connectivity index (χ1v) is 2.91. The van der Waals surface area contributed by atoms with Gasteiger partial charge in [0.05, 0.1) is 0 Å². The van der Waals surface area contributed by atoms with E-state index in [-0.39, 0.29) is 0 Å². The second-order valence-electron chi connectivity index (χ2n) is 1.86. The van der Waals surface area contributed by atoms with Crippen LogP contribution in [0.4, 0.5) is 17.6 Å². The quantitative estimate of drug-likeness (QED) is 0.633. The van der Waals surface area contributed by atoms with Gasteiger partial charge in [-0.25, -0.2) is 8.78 Å². The molecule has 1 rings (SSSR count). The fraction of sp³-hybridized carbons (Fsp3) is 0.143. The van der Waals surface area contributed by atoms with Crippen molar-refractivity contribution in [2.75, 3.05) is 0 Å². The molecule has 0 heterocycles. The lowest BCUT2D eigenvalue weighted by Gasteiger charge is -2.05. The van der Waals surface area contributed by atoms with Crippen molar-refractivity contribution in [1.29, 1.82) is 0 Å². The summed E-state index contributed by atoms with van der Waals surface area (Å²) in [5.41, 5.74) is 0. The maximum atomic E-state index is 12.5. The van der Waals surface area contributed by atoms with Crippen molar-refractivity contribution >= 4 is 0 Å². The molecule has 0 saturated carbocycles. The largest absolute Gasteiger partial charge is 0.429 e. The molecule has 1 radical (unpaired) electrons. The molecule has 0 fully saturated rings. The molecular formula is C7H3F4O. The van der Waals surface area contributed by atoms with E-state index in [1.807, 2.05) is 0 Å². The van der Waals surface area contributed by atoms with E-state index in [0.717, 1.165) is 0 Å². The van der Waals surface area contributed by atoms with Gasteiger partial charge in [0.25, 0.3) is 0 Å². The summed E-state index contributed by atoms with van der Waals surface area (Å²) >= 11 is 0. The number of alkyl halides is 2. The standard InChI is InChI=1S/C7H3F4O/c8-4-2-1-3-5(9)6(4)12-7(10)11/h2-3,7H. The second-order valence-corrected chi connectivity index (χ2v) is 1.86. The number of rotatable bonds is 2. The molecular weight excluding hydrogens is 176 g/mol. The highest BCUT2D eigenvalue weighted by atomic mass is 19.3. The van der Waals surface area contributed by atoms with E-state index in [1.54, 1.807) is 0 Å². The van der Waals surface area contributed by atoms with Crippen LogP contribution in [0, 0.1) is 17.7 Å². The maximum absolute atomic E-state index is 12.5. The number of hydrogen-bond acceptors (Lipinski definition) is 1. The molecule has 0 N–H and O–H groups in total. The van der Waals surface area contributed by atoms with Crippen LogP contribution in [0.15, 0.2) is 12.1 Å². The lowest BCUT2D eigenvalue weighted by molar-refractivity contribution is -0.0546. The van der Waals surface area contributed by atoms with Crippen LogP contribution in [0.5, 0.6) is 5.75 Å². The third kappa shape index (κ3) is 1.87. The first kappa shape index (κ1) is 8.83. The number of hydrogen-bond donors (Lipinski definition) is 0. The second kappa shape index (κ2) is 3.42. The Labute approximate surface area is 65.6 Å². The van der Waals surface area contributed by atoms with Crippen molar-refractivity contribution in [1.82, 2.24) is 0 Å². The molecule has 0 aliphatic rings. The first-order chi connectivity index (χ1) is 5.61. The molecule has 0 aliphatic heterocycles. The zero-order chi connectivity index (χ0) is 9.14. The van der Waals surface area contributed by atoms with Gasteiger partial charge in [-0.15, -0.1) is 0 Å². The van der Waals surface area contributed by atoms with Crippen LogP contribution < -0.4 is 4.74 Å². The van der Waals surface area contributed by atoms with Gasteiger partial charge in [0, 0.05) is 0 Å². The van der Waals surface area contributed by atoms with Crippen molar-refractivity contribution in [2.24, 2.45) is 0 Å². The summed E-state index contributed by atoms with van der Waals surface area (Å²) in [6.07, 6.45) is 0. The molecule has 0 saturated heterocycles. The van der Waals surface area contributed by atoms with Gasteiger partial charge in [0.1, 0.15) is 0 Å². The molecule has 0 amide bonds. The maximum Gasteiger partial charge on any atom is 0.387 e. The van der Waals surface area contributed by atoms with Crippen molar-refractivity contribution in [3.63, 3.8) is 0 Å². The van der Waals surface area contributed by atoms with E-state index in [0.29, 0.717) is 12.1 Å². The highest BCUT2D eigenvalue weighted by molar-refractivity contribution is 5.25. The summed E-state index contributed by atoms with van der Waals surface area (Å²) in [5.74, 6) is -3.48. The Hall–Kier alpha value is -1.26. The minimum atomic E-state index is -3.24. The van der Waals surface area contributed by atoms with Crippen LogP contribution >= 0.6 is 0 Å². The van der Waals surface area contributed by atoms with E-state index >= 15 is 0 Å². The smallest absolute Gasteiger partial charge is 0.387 e. The molecule has 0 unspecified atom stereocenters. The molecule has 0 aliphatic carbocycles. The van der Waals surface area contributed by atoms with Crippen LogP contribution in [0.3, 0.4) is 0 Å². The number of ether oxygens (including phenoxy) is 1. The molecule has 65 valence electrons. The predicted octanol–water partition coefficient (Wildman–Crippen LogP) is 2.37. The van der Waals surface area contributed by atoms with Crippen LogP contribution in [0.25, 0.3) is 0 Å². The van der Waals surface area contributed by atoms with E-state index in [9.17, 15) is 17.6 Å². The van der Waals surface area contributed by atoms with Gasteiger partial charge in [-0.3, -0.25) is 0 Å². The Bertz CT molecular complexity index is 254. The van der Waals surface area contributed by atoms with E-state index in [2.05, 4.69) is 10.8 Å². The molecule has 1 aromatic rings. The molecule has 1 aromatic carbocycles. The minimum Gasteiger partial charge on any atom is -0.429 e. The van der Waals surface area contributed by atoms with Crippen LogP contribution in [-0.4, -0.2) is 6.61 Å². The number of benzene rings is 1. The highest BCUT2D eigenvalue weighted by Crippen LogP contribution is 2.22. The lowest BCUT2D eigenvalue weighted by atomic mass is 10.3. The molecule has 0 atom stereocenters. The molecule has 0 spiro atoms. The average molecular weight is 179 g/mol. The van der Waals surface area contributed by atoms with E-state index < -0.39 is 24.0 Å². The lowest BCUT2D eigenvalue weighted by Crippen LogP contribution is -2.05. The molecule has 1 nitrogen and oxygen atoms in total. The van der Waals surface area contributed by atoms with E-state index in [1.165, 1.54) is 0 Å². The predicted molar refractivity (Wildman–Crippen MR) is 31.8 cm³/mol. The summed E-state index contributed by atoms with van der Waals surface area (Å²) < 4.78 is 51.6. The SMILES string of the molecule is Fc1c[c]cc(F)c1OC(F)F. The van der Waals surface area contributed by atoms with Crippen LogP contribution in [0.1, 0.15) is 0 Å². The van der Waals surface area contributed by atoms with Crippen molar-refractivity contribution in [3.8, 4) is 5.75 Å². The van der Waals surface area contributed by atoms with Crippen molar-refractivity contribution in [2.45, 2.75) is 6.61 Å². The fourth-order valence-corrected chi connectivity index (χ4v) is 0.635. The van der Waals surface area contributed by atoms with Gasteiger partial charge in [-0.1, -0.05) is 0 Å². The first-order valence-electron chi connectivity index (χ1n) is 2.91. The van der Waals surface area contributed by atoms with Gasteiger partial charge in [0.2, 0.25) is 0 Å². The van der Waals surface area contributed by atoms with Crippen LogP contribution in [-0.2, 0) is 0 Å². The third-order valence-corrected chi connectivity index (χ3v) is 1.06. The molecule has 12 heavy (non-hydrogen) atoms. The van der Waals surface area contributed by atoms with Gasteiger partial charge in [-0.05, 0) is 18.2 Å². The van der Waals surface area contributed by atoms with Gasteiger partial charge in [0.15, 0.2) is 17.4 Å². The monoisotopic (exact) mass is 179 g/mol. The Kier molecular flexibility index (Phi) is 2.52. The molecule has 5 heteroatoms. The fourth-order valence-electron chi connectivity index (χ4n) is 0.635. The summed E-state index contributed by atoms with van der Waals surface area (Å²) in [7, 11) is 0. The topological polar surface area (TPSA) is 9.23 Å². The normalized spacial score (nSPS) is 10.4. The van der Waals surface area contributed by atoms with Crippen LogP contribution in [0.2, 0.25) is 0 Å². The summed E-state index contributed by atoms with van der Waals surface area (Å²) in [6, 6.07) is 3.49. The zero-order valence-corrected chi connectivity index (χ0v) is 5.65. The highest BCUT2D eigenvalue weighted by Gasteiger charge is 2.14. The van der Waals surface area contributed by atoms with Crippen molar-refractivity contribution < 1.29 is 22.3 Å². The number of halogens is 4. The Morgan fingerprint density at radius 3 is 2.08 bits per heavy atom. The molecule has 0 aromatic heterocycles. The third-order valence-electron chi connectivity index (χ3n) is 1.06. The van der Waals surface area contributed by atoms with Gasteiger partial charge >= 0.3 is 6.61 Å². The summed E-state index contributed by atoms with van der Waals surface area (Å²) in [4.78, 5) is 0. The van der Waals surface area contributed by atoms with E-state index in [4.69, 9.17) is 0 Å². The minimum absolute atomic E-state index is 0.709. The average Bonchev–Trinajstić information content (AvgIpc) is 1.97. The summed E-state index contributed by atoms with van der Waals surface area (Å²) in [5, 5.41) is 0. The Morgan fingerprint density at radius 2 is 1.67 bits per heavy atom. The molecule has 0 bridgehead atoms. The van der Waals surface area contributed by atoms with Crippen molar-refractivity contribution in [3.05, 3.63) is 29.8 Å². The Morgan fingerprint density at radius 1 is 1.17 bits per heavy atom. The summed E-state index contributed by atoms with van der Waals surface area (Å²) in [6.45, 7) is -3.24. The zero-order valence-electron chi connectivity index (χ0n) is 5.65. The van der Waals surface area contributed by atoms with Gasteiger partial charge < -0.3 is 4.74 Å². The van der Waals surface area contributed by atoms with Gasteiger partial charge in [-0.2, -0.15) is 8.78 Å².